The van der Waals surface area contributed by atoms with Crippen molar-refractivity contribution < 1.29 is 9.53 Å². The number of aromatic amines is 1. The molecule has 2 N–H and O–H groups in total. The number of amides is 1. The summed E-state index contributed by atoms with van der Waals surface area (Å²) in [6.45, 7) is 4.54. The minimum absolute atomic E-state index is 0.0585. The second-order valence-electron chi connectivity index (χ2n) is 7.04. The van der Waals surface area contributed by atoms with Gasteiger partial charge in [0.2, 0.25) is 5.91 Å². The molecule has 0 fully saturated rings. The molecule has 0 aliphatic carbocycles. The Morgan fingerprint density at radius 3 is 2.64 bits per heavy atom. The number of aryl methyl sites for hydroxylation is 2. The first-order chi connectivity index (χ1) is 13.6. The maximum Gasteiger partial charge on any atom is 0.227 e. The van der Waals surface area contributed by atoms with Crippen LogP contribution in [-0.2, 0) is 11.2 Å². The zero-order valence-corrected chi connectivity index (χ0v) is 16.2. The van der Waals surface area contributed by atoms with Crippen molar-refractivity contribution in [2.24, 2.45) is 0 Å². The Morgan fingerprint density at radius 2 is 1.86 bits per heavy atom. The summed E-state index contributed by atoms with van der Waals surface area (Å²) in [6.07, 6.45) is 1.29. The molecule has 1 aromatic heterocycles. The van der Waals surface area contributed by atoms with Gasteiger partial charge in [0.25, 0.3) is 0 Å². The van der Waals surface area contributed by atoms with Crippen molar-refractivity contribution in [3.63, 3.8) is 0 Å². The molecule has 0 bridgehead atoms. The number of fused-ring (bicyclic) bond motifs is 3. The molecule has 4 heteroatoms. The van der Waals surface area contributed by atoms with E-state index in [4.69, 9.17) is 4.74 Å². The highest BCUT2D eigenvalue weighted by atomic mass is 16.5. The van der Waals surface area contributed by atoms with Crippen molar-refractivity contribution in [1.82, 2.24) is 4.98 Å². The molecule has 0 unspecified atom stereocenters. The minimum Gasteiger partial charge on any atom is -0.493 e. The van der Waals surface area contributed by atoms with E-state index in [1.807, 2.05) is 43.3 Å². The lowest BCUT2D eigenvalue weighted by atomic mass is 10.1. The van der Waals surface area contributed by atoms with Gasteiger partial charge in [-0.05, 0) is 43.2 Å². The molecule has 0 saturated carbocycles. The molecule has 1 heterocycles. The largest absolute Gasteiger partial charge is 0.493 e. The fraction of sp³-hybridized carbons (Fsp3) is 0.208. The van der Waals surface area contributed by atoms with Crippen LogP contribution in [0.25, 0.3) is 21.8 Å². The van der Waals surface area contributed by atoms with E-state index in [-0.39, 0.29) is 5.91 Å². The highest BCUT2D eigenvalue weighted by molar-refractivity contribution is 6.09. The Morgan fingerprint density at radius 1 is 1.04 bits per heavy atom. The predicted octanol–water partition coefficient (Wildman–Crippen LogP) is 5.60. The number of hydrogen-bond acceptors (Lipinski definition) is 2. The molecular formula is C24H24N2O2. The average Bonchev–Trinajstić information content (AvgIpc) is 3.07. The van der Waals surface area contributed by atoms with Crippen LogP contribution < -0.4 is 10.1 Å². The van der Waals surface area contributed by atoms with Gasteiger partial charge in [0, 0.05) is 27.5 Å². The van der Waals surface area contributed by atoms with Gasteiger partial charge in [0.1, 0.15) is 5.75 Å². The number of carbonyl (C=O) groups is 1. The number of nitrogens with one attached hydrogen (secondary N) is 2. The number of H-pyrrole nitrogens is 1. The Kier molecular flexibility index (Phi) is 5.02. The fourth-order valence-electron chi connectivity index (χ4n) is 3.48. The van der Waals surface area contributed by atoms with Crippen LogP contribution in [0, 0.1) is 6.92 Å². The molecule has 1 amide bonds. The SMILES string of the molecule is CCc1cccc2c1[nH]c1cc(NC(=O)CCOc3ccc(C)cc3)ccc12. The van der Waals surface area contributed by atoms with Crippen LogP contribution >= 0.6 is 0 Å². The predicted molar refractivity (Wildman–Crippen MR) is 115 cm³/mol. The van der Waals surface area contributed by atoms with Crippen LogP contribution in [-0.4, -0.2) is 17.5 Å². The molecule has 142 valence electrons. The van der Waals surface area contributed by atoms with Crippen LogP contribution in [0.1, 0.15) is 24.5 Å². The number of rotatable bonds is 6. The number of hydrogen-bond donors (Lipinski definition) is 2. The van der Waals surface area contributed by atoms with Gasteiger partial charge in [-0.1, -0.05) is 48.9 Å². The van der Waals surface area contributed by atoms with E-state index in [2.05, 4.69) is 41.5 Å². The van der Waals surface area contributed by atoms with Crippen molar-refractivity contribution in [1.29, 1.82) is 0 Å². The van der Waals surface area contributed by atoms with Gasteiger partial charge in [-0.15, -0.1) is 0 Å². The second-order valence-corrected chi connectivity index (χ2v) is 7.04. The van der Waals surface area contributed by atoms with Crippen molar-refractivity contribution in [2.45, 2.75) is 26.7 Å². The molecular weight excluding hydrogens is 348 g/mol. The number of para-hydroxylation sites is 1. The third-order valence-electron chi connectivity index (χ3n) is 5.00. The number of carbonyl (C=O) groups excluding carboxylic acids is 1. The molecule has 0 aliphatic heterocycles. The number of aromatic nitrogens is 1. The van der Waals surface area contributed by atoms with E-state index in [1.165, 1.54) is 27.4 Å². The summed E-state index contributed by atoms with van der Waals surface area (Å²) in [6, 6.07) is 20.2. The molecule has 0 atom stereocenters. The van der Waals surface area contributed by atoms with Gasteiger partial charge in [-0.3, -0.25) is 4.79 Å². The molecule has 3 aromatic carbocycles. The summed E-state index contributed by atoms with van der Waals surface area (Å²) in [4.78, 5) is 15.8. The normalized spacial score (nSPS) is 11.1. The molecule has 4 rings (SSSR count). The molecule has 0 spiro atoms. The van der Waals surface area contributed by atoms with Gasteiger partial charge in [0.05, 0.1) is 13.0 Å². The van der Waals surface area contributed by atoms with E-state index in [0.717, 1.165) is 23.4 Å². The molecule has 0 radical (unpaired) electrons. The molecule has 0 aliphatic rings. The lowest BCUT2D eigenvalue weighted by Gasteiger charge is -2.08. The summed E-state index contributed by atoms with van der Waals surface area (Å²) < 4.78 is 5.64. The Balaban J connectivity index is 1.43. The third kappa shape index (κ3) is 3.72. The van der Waals surface area contributed by atoms with Crippen molar-refractivity contribution in [3.05, 3.63) is 71.8 Å². The minimum atomic E-state index is -0.0585. The van der Waals surface area contributed by atoms with Crippen LogP contribution in [0.4, 0.5) is 5.69 Å². The fourth-order valence-corrected chi connectivity index (χ4v) is 3.48. The van der Waals surface area contributed by atoms with E-state index < -0.39 is 0 Å². The first kappa shape index (κ1) is 18.1. The van der Waals surface area contributed by atoms with Gasteiger partial charge in [-0.2, -0.15) is 0 Å². The van der Waals surface area contributed by atoms with Gasteiger partial charge < -0.3 is 15.0 Å². The average molecular weight is 372 g/mol. The highest BCUT2D eigenvalue weighted by Gasteiger charge is 2.09. The highest BCUT2D eigenvalue weighted by Crippen LogP contribution is 2.29. The van der Waals surface area contributed by atoms with Crippen LogP contribution in [0.2, 0.25) is 0 Å². The Labute approximate surface area is 164 Å². The zero-order chi connectivity index (χ0) is 19.5. The maximum atomic E-state index is 12.3. The smallest absolute Gasteiger partial charge is 0.227 e. The van der Waals surface area contributed by atoms with Crippen molar-refractivity contribution in [3.8, 4) is 5.75 Å². The molecule has 4 nitrogen and oxygen atoms in total. The topological polar surface area (TPSA) is 54.1 Å². The Hall–Kier alpha value is -3.27. The van der Waals surface area contributed by atoms with E-state index in [9.17, 15) is 4.79 Å². The first-order valence-electron chi connectivity index (χ1n) is 9.66. The maximum absolute atomic E-state index is 12.3. The van der Waals surface area contributed by atoms with Crippen LogP contribution in [0.15, 0.2) is 60.7 Å². The Bertz CT molecular complexity index is 1130. The summed E-state index contributed by atoms with van der Waals surface area (Å²) in [5.74, 6) is 0.724. The quantitative estimate of drug-likeness (QED) is 0.463. The van der Waals surface area contributed by atoms with Gasteiger partial charge in [-0.25, -0.2) is 0 Å². The summed E-state index contributed by atoms with van der Waals surface area (Å²) >= 11 is 0. The van der Waals surface area contributed by atoms with Crippen LogP contribution in [0.3, 0.4) is 0 Å². The van der Waals surface area contributed by atoms with Crippen LogP contribution in [0.5, 0.6) is 5.75 Å². The lowest BCUT2D eigenvalue weighted by molar-refractivity contribution is -0.116. The van der Waals surface area contributed by atoms with Crippen molar-refractivity contribution in [2.75, 3.05) is 11.9 Å². The van der Waals surface area contributed by atoms with Crippen molar-refractivity contribution >= 4 is 33.4 Å². The lowest BCUT2D eigenvalue weighted by Crippen LogP contribution is -2.15. The van der Waals surface area contributed by atoms with E-state index in [0.29, 0.717) is 13.0 Å². The molecule has 0 saturated heterocycles. The summed E-state index contributed by atoms with van der Waals surface area (Å²) in [5, 5.41) is 5.36. The van der Waals surface area contributed by atoms with Gasteiger partial charge >= 0.3 is 0 Å². The zero-order valence-electron chi connectivity index (χ0n) is 16.2. The van der Waals surface area contributed by atoms with E-state index in [1.54, 1.807) is 0 Å². The summed E-state index contributed by atoms with van der Waals surface area (Å²) in [7, 11) is 0. The van der Waals surface area contributed by atoms with Gasteiger partial charge in [0.15, 0.2) is 0 Å². The number of benzene rings is 3. The first-order valence-corrected chi connectivity index (χ1v) is 9.66. The standard InChI is InChI=1S/C24H24N2O2/c1-3-17-5-4-6-21-20-12-9-18(15-22(20)26-24(17)21)25-23(27)13-14-28-19-10-7-16(2)8-11-19/h4-12,15,26H,3,13-14H2,1-2H3,(H,25,27). The molecule has 4 aromatic rings. The monoisotopic (exact) mass is 372 g/mol. The summed E-state index contributed by atoms with van der Waals surface area (Å²) in [5.41, 5.74) is 5.48. The molecule has 28 heavy (non-hydrogen) atoms. The number of anilines is 1. The number of ether oxygens (including phenoxy) is 1. The van der Waals surface area contributed by atoms with E-state index >= 15 is 0 Å². The second kappa shape index (κ2) is 7.77. The third-order valence-corrected chi connectivity index (χ3v) is 5.00.